The molecule has 1 aromatic rings. The van der Waals surface area contributed by atoms with Crippen LogP contribution in [0.25, 0.3) is 0 Å². The Bertz CT molecular complexity index is 629. The molecule has 0 atom stereocenters. The van der Waals surface area contributed by atoms with Gasteiger partial charge in [0.05, 0.1) is 17.6 Å². The van der Waals surface area contributed by atoms with Crippen LogP contribution >= 0.6 is 0 Å². The van der Waals surface area contributed by atoms with Gasteiger partial charge in [-0.15, -0.1) is 0 Å². The number of benzene rings is 1. The van der Waals surface area contributed by atoms with Gasteiger partial charge in [-0.05, 0) is 38.5 Å². The Balaban J connectivity index is 3.02. The summed E-state index contributed by atoms with van der Waals surface area (Å²) in [5.74, 6) is -0.0604. The largest absolute Gasteiger partial charge is 0.496 e. The minimum Gasteiger partial charge on any atom is -0.496 e. The van der Waals surface area contributed by atoms with Crippen molar-refractivity contribution in [2.45, 2.75) is 31.2 Å². The summed E-state index contributed by atoms with van der Waals surface area (Å²) in [6.07, 6.45) is 0.562. The van der Waals surface area contributed by atoms with Crippen LogP contribution in [0.15, 0.2) is 23.1 Å². The van der Waals surface area contributed by atoms with E-state index in [1.807, 2.05) is 13.8 Å². The first-order valence-corrected chi connectivity index (χ1v) is 8.77. The number of hydrogen-bond acceptors (Lipinski definition) is 5. The SMILES string of the molecule is COCCCNS(=O)(=O)c1ccc(OC)c(C(=O)NC(C)C)c1. The second-order valence-corrected chi connectivity index (χ2v) is 7.00. The smallest absolute Gasteiger partial charge is 0.255 e. The van der Waals surface area contributed by atoms with Gasteiger partial charge in [0, 0.05) is 26.3 Å². The van der Waals surface area contributed by atoms with Crippen LogP contribution in [0.5, 0.6) is 5.75 Å². The molecule has 1 aromatic carbocycles. The second-order valence-electron chi connectivity index (χ2n) is 5.23. The summed E-state index contributed by atoms with van der Waals surface area (Å²) >= 11 is 0. The normalized spacial score (nSPS) is 11.5. The molecule has 0 aliphatic rings. The highest BCUT2D eigenvalue weighted by molar-refractivity contribution is 7.89. The van der Waals surface area contributed by atoms with Crippen LogP contribution in [0.4, 0.5) is 0 Å². The monoisotopic (exact) mass is 344 g/mol. The van der Waals surface area contributed by atoms with Gasteiger partial charge in [-0.25, -0.2) is 13.1 Å². The van der Waals surface area contributed by atoms with E-state index in [0.29, 0.717) is 18.8 Å². The van der Waals surface area contributed by atoms with E-state index in [1.165, 1.54) is 25.3 Å². The number of carbonyl (C=O) groups is 1. The number of carbonyl (C=O) groups excluding carboxylic acids is 1. The molecule has 130 valence electrons. The molecule has 8 heteroatoms. The number of hydrogen-bond donors (Lipinski definition) is 2. The zero-order valence-corrected chi connectivity index (χ0v) is 14.7. The number of rotatable bonds is 9. The predicted octanol–water partition coefficient (Wildman–Crippen LogP) is 1.15. The van der Waals surface area contributed by atoms with E-state index in [-0.39, 0.29) is 29.0 Å². The number of sulfonamides is 1. The molecular weight excluding hydrogens is 320 g/mol. The molecule has 0 aliphatic heterocycles. The molecule has 1 rings (SSSR count). The minimum atomic E-state index is -3.69. The number of ether oxygens (including phenoxy) is 2. The van der Waals surface area contributed by atoms with Crippen molar-refractivity contribution >= 4 is 15.9 Å². The Morgan fingerprint density at radius 2 is 1.96 bits per heavy atom. The summed E-state index contributed by atoms with van der Waals surface area (Å²) in [6.45, 7) is 4.37. The van der Waals surface area contributed by atoms with Gasteiger partial charge < -0.3 is 14.8 Å². The van der Waals surface area contributed by atoms with Crippen LogP contribution in [-0.4, -0.2) is 47.7 Å². The van der Waals surface area contributed by atoms with E-state index >= 15 is 0 Å². The number of nitrogens with one attached hydrogen (secondary N) is 2. The molecule has 0 fully saturated rings. The van der Waals surface area contributed by atoms with E-state index in [1.54, 1.807) is 7.11 Å². The predicted molar refractivity (Wildman–Crippen MR) is 87.3 cm³/mol. The highest BCUT2D eigenvalue weighted by Crippen LogP contribution is 2.22. The van der Waals surface area contributed by atoms with Crippen LogP contribution in [-0.2, 0) is 14.8 Å². The first-order chi connectivity index (χ1) is 10.8. The lowest BCUT2D eigenvalue weighted by atomic mass is 10.2. The molecule has 0 radical (unpaired) electrons. The molecule has 7 nitrogen and oxygen atoms in total. The quantitative estimate of drug-likeness (QED) is 0.656. The molecule has 0 aromatic heterocycles. The van der Waals surface area contributed by atoms with Gasteiger partial charge in [0.1, 0.15) is 5.75 Å². The number of methoxy groups -OCH3 is 2. The molecule has 0 aliphatic carbocycles. The lowest BCUT2D eigenvalue weighted by Gasteiger charge is -2.13. The van der Waals surface area contributed by atoms with Gasteiger partial charge in [-0.1, -0.05) is 0 Å². The molecule has 0 spiro atoms. The molecule has 2 N–H and O–H groups in total. The summed E-state index contributed by atoms with van der Waals surface area (Å²) in [5, 5.41) is 2.72. The first kappa shape index (κ1) is 19.4. The summed E-state index contributed by atoms with van der Waals surface area (Å²) in [7, 11) is -0.709. The lowest BCUT2D eigenvalue weighted by molar-refractivity contribution is 0.0940. The Morgan fingerprint density at radius 3 is 2.52 bits per heavy atom. The van der Waals surface area contributed by atoms with Crippen LogP contribution in [0.2, 0.25) is 0 Å². The average Bonchev–Trinajstić information content (AvgIpc) is 2.50. The van der Waals surface area contributed by atoms with E-state index < -0.39 is 10.0 Å². The van der Waals surface area contributed by atoms with E-state index in [4.69, 9.17) is 9.47 Å². The summed E-state index contributed by atoms with van der Waals surface area (Å²) in [6, 6.07) is 4.12. The van der Waals surface area contributed by atoms with Crippen molar-refractivity contribution in [2.24, 2.45) is 0 Å². The molecule has 0 unspecified atom stereocenters. The fourth-order valence-corrected chi connectivity index (χ4v) is 2.98. The molecule has 23 heavy (non-hydrogen) atoms. The Morgan fingerprint density at radius 1 is 1.26 bits per heavy atom. The zero-order chi connectivity index (χ0) is 17.5. The fourth-order valence-electron chi connectivity index (χ4n) is 1.88. The summed E-state index contributed by atoms with van der Waals surface area (Å²) in [5.41, 5.74) is 0.181. The molecular formula is C15H24N2O5S. The Kier molecular flexibility index (Phi) is 7.47. The van der Waals surface area contributed by atoms with Crippen LogP contribution in [0, 0.1) is 0 Å². The van der Waals surface area contributed by atoms with Crippen molar-refractivity contribution in [1.29, 1.82) is 0 Å². The van der Waals surface area contributed by atoms with Crippen LogP contribution in [0.1, 0.15) is 30.6 Å². The molecule has 0 heterocycles. The summed E-state index contributed by atoms with van der Waals surface area (Å²) < 4.78 is 37.0. The van der Waals surface area contributed by atoms with E-state index in [0.717, 1.165) is 0 Å². The highest BCUT2D eigenvalue weighted by Gasteiger charge is 2.19. The van der Waals surface area contributed by atoms with Crippen molar-refractivity contribution < 1.29 is 22.7 Å². The van der Waals surface area contributed by atoms with Gasteiger partial charge in [-0.2, -0.15) is 0 Å². The van der Waals surface area contributed by atoms with Gasteiger partial charge in [-0.3, -0.25) is 4.79 Å². The van der Waals surface area contributed by atoms with Crippen molar-refractivity contribution in [2.75, 3.05) is 27.4 Å². The zero-order valence-electron chi connectivity index (χ0n) is 13.9. The van der Waals surface area contributed by atoms with Gasteiger partial charge in [0.2, 0.25) is 10.0 Å². The third-order valence-electron chi connectivity index (χ3n) is 2.96. The summed E-state index contributed by atoms with van der Waals surface area (Å²) in [4.78, 5) is 12.2. The van der Waals surface area contributed by atoms with Crippen molar-refractivity contribution in [3.8, 4) is 5.75 Å². The molecule has 0 saturated heterocycles. The first-order valence-electron chi connectivity index (χ1n) is 7.29. The Labute approximate surface area is 137 Å². The maximum Gasteiger partial charge on any atom is 0.255 e. The number of amides is 1. The molecule has 0 saturated carbocycles. The standard InChI is InChI=1S/C15H24N2O5S/c1-11(2)17-15(18)13-10-12(6-7-14(13)22-4)23(19,20)16-8-5-9-21-3/h6-7,10-11,16H,5,8-9H2,1-4H3,(H,17,18). The maximum absolute atomic E-state index is 12.3. The lowest BCUT2D eigenvalue weighted by Crippen LogP contribution is -2.31. The van der Waals surface area contributed by atoms with E-state index in [2.05, 4.69) is 10.0 Å². The van der Waals surface area contributed by atoms with Crippen molar-refractivity contribution in [1.82, 2.24) is 10.0 Å². The highest BCUT2D eigenvalue weighted by atomic mass is 32.2. The molecule has 0 bridgehead atoms. The third kappa shape index (κ3) is 5.81. The average molecular weight is 344 g/mol. The van der Waals surface area contributed by atoms with E-state index in [9.17, 15) is 13.2 Å². The molecule has 1 amide bonds. The van der Waals surface area contributed by atoms with Crippen molar-refractivity contribution in [3.63, 3.8) is 0 Å². The van der Waals surface area contributed by atoms with Gasteiger partial charge >= 0.3 is 0 Å². The maximum atomic E-state index is 12.3. The third-order valence-corrected chi connectivity index (χ3v) is 4.42. The fraction of sp³-hybridized carbons (Fsp3) is 0.533. The van der Waals surface area contributed by atoms with Crippen LogP contribution < -0.4 is 14.8 Å². The van der Waals surface area contributed by atoms with Gasteiger partial charge in [0.25, 0.3) is 5.91 Å². The van der Waals surface area contributed by atoms with Crippen LogP contribution in [0.3, 0.4) is 0 Å². The Hall–Kier alpha value is -1.64. The second kappa shape index (κ2) is 8.85. The topological polar surface area (TPSA) is 93.7 Å². The van der Waals surface area contributed by atoms with Gasteiger partial charge in [0.15, 0.2) is 0 Å². The van der Waals surface area contributed by atoms with Crippen molar-refractivity contribution in [3.05, 3.63) is 23.8 Å². The minimum absolute atomic E-state index is 0.0182.